The summed E-state index contributed by atoms with van der Waals surface area (Å²) in [5.74, 6) is -0.210. The van der Waals surface area contributed by atoms with Gasteiger partial charge in [0.1, 0.15) is 0 Å². The first kappa shape index (κ1) is 20.7. The first-order valence-corrected chi connectivity index (χ1v) is 12.5. The van der Waals surface area contributed by atoms with E-state index >= 15 is 0 Å². The molecule has 0 saturated carbocycles. The van der Waals surface area contributed by atoms with Crippen molar-refractivity contribution in [1.29, 1.82) is 0 Å². The molecule has 2 atom stereocenters. The van der Waals surface area contributed by atoms with Crippen LogP contribution in [0.3, 0.4) is 0 Å². The lowest BCUT2D eigenvalue weighted by Gasteiger charge is -2.25. The number of benzene rings is 2. The monoisotopic (exact) mass is 468 g/mol. The molecule has 0 radical (unpaired) electrons. The van der Waals surface area contributed by atoms with Crippen molar-refractivity contribution in [3.63, 3.8) is 0 Å². The number of carbonyl (C=O) groups is 1. The number of sulfone groups is 1. The maximum Gasteiger partial charge on any atom is 0.252 e. The molecule has 2 fully saturated rings. The van der Waals surface area contributed by atoms with Crippen LogP contribution in [0.2, 0.25) is 10.0 Å². The van der Waals surface area contributed by atoms with Crippen molar-refractivity contribution in [1.82, 2.24) is 0 Å². The molecule has 0 N–H and O–H groups in total. The topological polar surface area (TPSA) is 66.8 Å². The van der Waals surface area contributed by atoms with Gasteiger partial charge in [-0.05, 0) is 30.7 Å². The third-order valence-electron chi connectivity index (χ3n) is 4.93. The van der Waals surface area contributed by atoms with Crippen LogP contribution in [-0.2, 0) is 21.1 Å². The average Bonchev–Trinajstić information content (AvgIpc) is 3.08. The van der Waals surface area contributed by atoms with Crippen LogP contribution in [0.25, 0.3) is 0 Å². The number of aliphatic imine (C=N–C) groups is 1. The van der Waals surface area contributed by atoms with Gasteiger partial charge in [-0.2, -0.15) is 4.99 Å². The highest BCUT2D eigenvalue weighted by atomic mass is 35.5. The highest BCUT2D eigenvalue weighted by Gasteiger charge is 2.49. The molecule has 4 rings (SSSR count). The zero-order chi connectivity index (χ0) is 20.8. The van der Waals surface area contributed by atoms with E-state index in [9.17, 15) is 13.2 Å². The minimum absolute atomic E-state index is 0.00872. The normalized spacial score (nSPS) is 24.1. The van der Waals surface area contributed by atoms with Crippen LogP contribution in [0.15, 0.2) is 47.5 Å². The van der Waals surface area contributed by atoms with E-state index < -0.39 is 9.84 Å². The highest BCUT2D eigenvalue weighted by Crippen LogP contribution is 2.43. The first-order chi connectivity index (χ1) is 13.7. The van der Waals surface area contributed by atoms with E-state index in [0.717, 1.165) is 11.1 Å². The molecule has 29 heavy (non-hydrogen) atoms. The molecule has 0 unspecified atom stereocenters. The van der Waals surface area contributed by atoms with Gasteiger partial charge in [-0.25, -0.2) is 8.42 Å². The molecule has 152 valence electrons. The number of halogens is 2. The van der Waals surface area contributed by atoms with Gasteiger partial charge in [-0.1, -0.05) is 64.8 Å². The van der Waals surface area contributed by atoms with Gasteiger partial charge in [-0.3, -0.25) is 4.79 Å². The van der Waals surface area contributed by atoms with E-state index in [1.54, 1.807) is 23.1 Å². The molecule has 2 aliphatic heterocycles. The second-order valence-electron chi connectivity index (χ2n) is 7.22. The Balaban J connectivity index is 1.66. The fourth-order valence-corrected chi connectivity index (χ4v) is 7.97. The van der Waals surface area contributed by atoms with Crippen LogP contribution in [0.4, 0.5) is 5.69 Å². The van der Waals surface area contributed by atoms with Gasteiger partial charge in [0.25, 0.3) is 5.91 Å². The third kappa shape index (κ3) is 4.48. The maximum absolute atomic E-state index is 12.6. The van der Waals surface area contributed by atoms with Gasteiger partial charge in [0.15, 0.2) is 15.0 Å². The minimum Gasteiger partial charge on any atom is -0.314 e. The Labute approximate surface area is 184 Å². The van der Waals surface area contributed by atoms with Crippen LogP contribution in [-0.4, -0.2) is 42.3 Å². The number of hydrogen-bond donors (Lipinski definition) is 0. The van der Waals surface area contributed by atoms with E-state index in [2.05, 4.69) is 4.99 Å². The van der Waals surface area contributed by atoms with E-state index in [-0.39, 0.29) is 35.1 Å². The van der Waals surface area contributed by atoms with E-state index in [1.165, 1.54) is 11.8 Å². The SMILES string of the molecule is Cc1ccc(CC(=O)N=C2S[C@@H]3CS(=O)(=O)C[C@@H]3N2c2ccc(Cl)cc2Cl)cc1. The summed E-state index contributed by atoms with van der Waals surface area (Å²) in [5, 5.41) is 1.17. The van der Waals surface area contributed by atoms with E-state index in [4.69, 9.17) is 23.2 Å². The maximum atomic E-state index is 12.6. The lowest BCUT2D eigenvalue weighted by Crippen LogP contribution is -2.38. The van der Waals surface area contributed by atoms with E-state index in [0.29, 0.717) is 20.9 Å². The van der Waals surface area contributed by atoms with Crippen molar-refractivity contribution in [2.24, 2.45) is 4.99 Å². The smallest absolute Gasteiger partial charge is 0.252 e. The Bertz CT molecular complexity index is 1100. The highest BCUT2D eigenvalue weighted by molar-refractivity contribution is 8.16. The molecule has 5 nitrogen and oxygen atoms in total. The van der Waals surface area contributed by atoms with Gasteiger partial charge >= 0.3 is 0 Å². The van der Waals surface area contributed by atoms with Crippen molar-refractivity contribution in [3.05, 3.63) is 63.6 Å². The number of carbonyl (C=O) groups excluding carboxylic acids is 1. The Morgan fingerprint density at radius 1 is 1.17 bits per heavy atom. The Hall–Kier alpha value is -1.54. The van der Waals surface area contributed by atoms with Crippen molar-refractivity contribution in [3.8, 4) is 0 Å². The fraction of sp³-hybridized carbons (Fsp3) is 0.300. The summed E-state index contributed by atoms with van der Waals surface area (Å²) in [6, 6.07) is 12.4. The molecule has 0 bridgehead atoms. The summed E-state index contributed by atoms with van der Waals surface area (Å²) in [6.07, 6.45) is 0.181. The molecule has 1 amide bonds. The number of aryl methyl sites for hydroxylation is 1. The molecule has 2 heterocycles. The summed E-state index contributed by atoms with van der Waals surface area (Å²) >= 11 is 13.7. The molecule has 2 saturated heterocycles. The molecule has 9 heteroatoms. The summed E-state index contributed by atoms with van der Waals surface area (Å²) in [7, 11) is -3.14. The number of amidine groups is 1. The Morgan fingerprint density at radius 3 is 2.59 bits per heavy atom. The number of nitrogens with zero attached hydrogens (tertiary/aromatic N) is 2. The molecule has 0 spiro atoms. The number of anilines is 1. The van der Waals surface area contributed by atoms with Gasteiger partial charge in [0.05, 0.1) is 34.7 Å². The summed E-state index contributed by atoms with van der Waals surface area (Å²) in [4.78, 5) is 18.7. The van der Waals surface area contributed by atoms with Crippen molar-refractivity contribution in [2.45, 2.75) is 24.6 Å². The average molecular weight is 469 g/mol. The van der Waals surface area contributed by atoms with Gasteiger partial charge in [-0.15, -0.1) is 0 Å². The van der Waals surface area contributed by atoms with Crippen LogP contribution >= 0.6 is 35.0 Å². The molecule has 2 aromatic rings. The number of hydrogen-bond acceptors (Lipinski definition) is 4. The number of thioether (sulfide) groups is 1. The van der Waals surface area contributed by atoms with Crippen molar-refractivity contribution >= 4 is 61.6 Å². The number of amides is 1. The number of rotatable bonds is 3. The van der Waals surface area contributed by atoms with Gasteiger partial charge in [0, 0.05) is 10.3 Å². The van der Waals surface area contributed by atoms with Gasteiger partial charge < -0.3 is 4.90 Å². The molecule has 2 aromatic carbocycles. The second-order valence-corrected chi connectivity index (χ2v) is 11.4. The molecular weight excluding hydrogens is 451 g/mol. The summed E-state index contributed by atoms with van der Waals surface area (Å²) in [5.41, 5.74) is 2.61. The first-order valence-electron chi connectivity index (χ1n) is 9.00. The predicted molar refractivity (Wildman–Crippen MR) is 120 cm³/mol. The molecule has 2 aliphatic rings. The molecular formula is C20H18Cl2N2O3S2. The largest absolute Gasteiger partial charge is 0.314 e. The summed E-state index contributed by atoms with van der Waals surface area (Å²) < 4.78 is 24.3. The standard InChI is InChI=1S/C20H18Cl2N2O3S2/c1-12-2-4-13(5-3-12)8-19(25)23-20-24(16-7-6-14(21)9-15(16)22)17-10-29(26,27)11-18(17)28-20/h2-7,9,17-18H,8,10-11H2,1H3/t17-,18+/m0/s1. The fourth-order valence-electron chi connectivity index (χ4n) is 3.55. The molecule has 0 aliphatic carbocycles. The third-order valence-corrected chi connectivity index (χ3v) is 8.68. The van der Waals surface area contributed by atoms with Gasteiger partial charge in [0.2, 0.25) is 0 Å². The van der Waals surface area contributed by atoms with Crippen LogP contribution < -0.4 is 4.90 Å². The van der Waals surface area contributed by atoms with Crippen molar-refractivity contribution < 1.29 is 13.2 Å². The van der Waals surface area contributed by atoms with Crippen LogP contribution in [0.1, 0.15) is 11.1 Å². The minimum atomic E-state index is -3.14. The second kappa shape index (κ2) is 7.95. The van der Waals surface area contributed by atoms with Crippen LogP contribution in [0.5, 0.6) is 0 Å². The van der Waals surface area contributed by atoms with E-state index in [1.807, 2.05) is 31.2 Å². The zero-order valence-electron chi connectivity index (χ0n) is 15.5. The predicted octanol–water partition coefficient (Wildman–Crippen LogP) is 4.15. The zero-order valence-corrected chi connectivity index (χ0v) is 18.7. The summed E-state index contributed by atoms with van der Waals surface area (Å²) in [6.45, 7) is 1.99. The number of fused-ring (bicyclic) bond motifs is 1. The Kier molecular flexibility index (Phi) is 5.68. The lowest BCUT2D eigenvalue weighted by atomic mass is 10.1. The molecule has 0 aromatic heterocycles. The lowest BCUT2D eigenvalue weighted by molar-refractivity contribution is -0.117. The Morgan fingerprint density at radius 2 is 1.90 bits per heavy atom. The van der Waals surface area contributed by atoms with Crippen LogP contribution in [0, 0.1) is 6.92 Å². The van der Waals surface area contributed by atoms with Crippen molar-refractivity contribution in [2.75, 3.05) is 16.4 Å². The quantitative estimate of drug-likeness (QED) is 0.676.